The van der Waals surface area contributed by atoms with Crippen molar-refractivity contribution in [2.45, 2.75) is 89.9 Å². The molecule has 0 unspecified atom stereocenters. The van der Waals surface area contributed by atoms with Crippen molar-refractivity contribution in [1.29, 1.82) is 0 Å². The van der Waals surface area contributed by atoms with Crippen LogP contribution in [0, 0.1) is 0 Å². The van der Waals surface area contributed by atoms with Crippen LogP contribution in [0.1, 0.15) is 89.9 Å². The third-order valence-corrected chi connectivity index (χ3v) is 4.26. The molecule has 0 aliphatic carbocycles. The molecule has 20 heavy (non-hydrogen) atoms. The fourth-order valence-electron chi connectivity index (χ4n) is 2.64. The summed E-state index contributed by atoms with van der Waals surface area (Å²) in [5, 5.41) is 0. The van der Waals surface area contributed by atoms with Crippen molar-refractivity contribution in [3.8, 4) is 0 Å². The number of rotatable bonds is 16. The zero-order valence-electron chi connectivity index (χ0n) is 14.1. The van der Waals surface area contributed by atoms with E-state index in [1.165, 1.54) is 96.4 Å². The molecule has 0 saturated carbocycles. The Kier molecular flexibility index (Phi) is 17.5. The molecule has 2 heteroatoms. The first kappa shape index (κ1) is 20.2. The summed E-state index contributed by atoms with van der Waals surface area (Å²) < 4.78 is 0. The average Bonchev–Trinajstić information content (AvgIpc) is 2.43. The molecule has 0 aliphatic rings. The van der Waals surface area contributed by atoms with Gasteiger partial charge in [0.2, 0.25) is 0 Å². The summed E-state index contributed by atoms with van der Waals surface area (Å²) in [6.07, 6.45) is 19.7. The lowest BCUT2D eigenvalue weighted by Gasteiger charge is -2.08. The highest BCUT2D eigenvalue weighted by atomic mass is 35.5. The standard InChI is InChI=1S/C18H38ClN/c1-20(2)18-16-14-12-10-8-6-4-3-5-7-9-11-13-15-17-19/h3-18H2,1-2H3. The van der Waals surface area contributed by atoms with E-state index >= 15 is 0 Å². The zero-order chi connectivity index (χ0) is 14.9. The number of halogens is 1. The highest BCUT2D eigenvalue weighted by Gasteiger charge is 1.95. The monoisotopic (exact) mass is 303 g/mol. The van der Waals surface area contributed by atoms with Gasteiger partial charge in [0.25, 0.3) is 0 Å². The third kappa shape index (κ3) is 18.2. The van der Waals surface area contributed by atoms with Crippen molar-refractivity contribution in [1.82, 2.24) is 4.90 Å². The Balaban J connectivity index is 2.92. The highest BCUT2D eigenvalue weighted by molar-refractivity contribution is 6.17. The van der Waals surface area contributed by atoms with Gasteiger partial charge in [-0.2, -0.15) is 0 Å². The molecule has 0 aromatic carbocycles. The van der Waals surface area contributed by atoms with Crippen LogP contribution in [0.25, 0.3) is 0 Å². The minimum Gasteiger partial charge on any atom is -0.309 e. The molecule has 0 saturated heterocycles. The summed E-state index contributed by atoms with van der Waals surface area (Å²) in [6, 6.07) is 0. The van der Waals surface area contributed by atoms with Gasteiger partial charge in [-0.15, -0.1) is 11.6 Å². The van der Waals surface area contributed by atoms with Crippen LogP contribution >= 0.6 is 11.6 Å². The number of nitrogens with zero attached hydrogens (tertiary/aromatic N) is 1. The Morgan fingerprint density at radius 1 is 0.500 bits per heavy atom. The summed E-state index contributed by atoms with van der Waals surface area (Å²) in [5.74, 6) is 0.842. The lowest BCUT2D eigenvalue weighted by atomic mass is 10.0. The van der Waals surface area contributed by atoms with Gasteiger partial charge in [-0.1, -0.05) is 77.0 Å². The van der Waals surface area contributed by atoms with Crippen LogP contribution in [-0.4, -0.2) is 31.4 Å². The van der Waals surface area contributed by atoms with Crippen LogP contribution in [0.15, 0.2) is 0 Å². The van der Waals surface area contributed by atoms with Crippen molar-refractivity contribution < 1.29 is 0 Å². The number of hydrogen-bond acceptors (Lipinski definition) is 1. The molecule has 0 heterocycles. The predicted octanol–water partition coefficient (Wildman–Crippen LogP) is 6.25. The van der Waals surface area contributed by atoms with Gasteiger partial charge in [0, 0.05) is 5.88 Å². The Hall–Kier alpha value is 0.250. The van der Waals surface area contributed by atoms with Gasteiger partial charge in [-0.25, -0.2) is 0 Å². The van der Waals surface area contributed by atoms with E-state index in [0.717, 1.165) is 5.88 Å². The van der Waals surface area contributed by atoms with Gasteiger partial charge in [-0.3, -0.25) is 0 Å². The molecule has 0 fully saturated rings. The van der Waals surface area contributed by atoms with Crippen molar-refractivity contribution in [3.63, 3.8) is 0 Å². The van der Waals surface area contributed by atoms with Crippen molar-refractivity contribution in [3.05, 3.63) is 0 Å². The molecule has 0 atom stereocenters. The lowest BCUT2D eigenvalue weighted by molar-refractivity contribution is 0.389. The molecule has 0 N–H and O–H groups in total. The lowest BCUT2D eigenvalue weighted by Crippen LogP contribution is -2.12. The van der Waals surface area contributed by atoms with E-state index in [9.17, 15) is 0 Å². The van der Waals surface area contributed by atoms with Crippen LogP contribution in [0.5, 0.6) is 0 Å². The Labute approximate surface area is 133 Å². The SMILES string of the molecule is CN(C)CCCCCCCCCCCCCCCCCl. The van der Waals surface area contributed by atoms with Gasteiger partial charge in [-0.05, 0) is 33.5 Å². The van der Waals surface area contributed by atoms with Gasteiger partial charge in [0.1, 0.15) is 0 Å². The summed E-state index contributed by atoms with van der Waals surface area (Å²) in [5.41, 5.74) is 0. The molecule has 0 aromatic rings. The van der Waals surface area contributed by atoms with Gasteiger partial charge in [0.15, 0.2) is 0 Å². The predicted molar refractivity (Wildman–Crippen MR) is 93.9 cm³/mol. The first-order valence-corrected chi connectivity index (χ1v) is 9.51. The quantitative estimate of drug-likeness (QED) is 0.241. The molecule has 1 nitrogen and oxygen atoms in total. The normalized spacial score (nSPS) is 11.4. The van der Waals surface area contributed by atoms with Crippen LogP contribution in [0.2, 0.25) is 0 Å². The van der Waals surface area contributed by atoms with Crippen LogP contribution in [-0.2, 0) is 0 Å². The molecule has 0 aromatic heterocycles. The number of hydrogen-bond donors (Lipinski definition) is 0. The molecule has 0 amide bonds. The van der Waals surface area contributed by atoms with Gasteiger partial charge < -0.3 is 4.90 Å². The smallest absolute Gasteiger partial charge is 0.0223 e. The summed E-state index contributed by atoms with van der Waals surface area (Å²) in [7, 11) is 4.33. The number of unbranched alkanes of at least 4 members (excludes halogenated alkanes) is 13. The van der Waals surface area contributed by atoms with Crippen molar-refractivity contribution in [2.24, 2.45) is 0 Å². The van der Waals surface area contributed by atoms with E-state index in [-0.39, 0.29) is 0 Å². The maximum absolute atomic E-state index is 5.66. The molecule has 0 bridgehead atoms. The maximum atomic E-state index is 5.66. The largest absolute Gasteiger partial charge is 0.309 e. The van der Waals surface area contributed by atoms with E-state index in [4.69, 9.17) is 11.6 Å². The topological polar surface area (TPSA) is 3.24 Å². The van der Waals surface area contributed by atoms with E-state index in [2.05, 4.69) is 19.0 Å². The summed E-state index contributed by atoms with van der Waals surface area (Å²) in [6.45, 7) is 1.25. The zero-order valence-corrected chi connectivity index (χ0v) is 14.9. The molecule has 0 rings (SSSR count). The van der Waals surface area contributed by atoms with E-state index in [1.807, 2.05) is 0 Å². The minimum atomic E-state index is 0.842. The Morgan fingerprint density at radius 2 is 0.800 bits per heavy atom. The van der Waals surface area contributed by atoms with Crippen LogP contribution in [0.3, 0.4) is 0 Å². The molecular formula is C18H38ClN. The molecular weight excluding hydrogens is 266 g/mol. The van der Waals surface area contributed by atoms with E-state index in [1.54, 1.807) is 0 Å². The summed E-state index contributed by atoms with van der Waals surface area (Å²) >= 11 is 5.66. The third-order valence-electron chi connectivity index (χ3n) is 3.99. The molecule has 122 valence electrons. The van der Waals surface area contributed by atoms with Crippen LogP contribution < -0.4 is 0 Å². The minimum absolute atomic E-state index is 0.842. The van der Waals surface area contributed by atoms with Gasteiger partial charge >= 0.3 is 0 Å². The first-order chi connectivity index (χ1) is 9.77. The second-order valence-corrected chi connectivity index (χ2v) is 6.82. The number of alkyl halides is 1. The fourth-order valence-corrected chi connectivity index (χ4v) is 2.83. The molecule has 0 spiro atoms. The van der Waals surface area contributed by atoms with Crippen LogP contribution in [0.4, 0.5) is 0 Å². The fraction of sp³-hybridized carbons (Fsp3) is 1.00. The van der Waals surface area contributed by atoms with E-state index < -0.39 is 0 Å². The average molecular weight is 304 g/mol. The molecule has 0 aliphatic heterocycles. The summed E-state index contributed by atoms with van der Waals surface area (Å²) in [4.78, 5) is 2.29. The van der Waals surface area contributed by atoms with Crippen molar-refractivity contribution in [2.75, 3.05) is 26.5 Å². The second-order valence-electron chi connectivity index (χ2n) is 6.44. The second kappa shape index (κ2) is 17.3. The maximum Gasteiger partial charge on any atom is 0.0223 e. The molecule has 0 radical (unpaired) electrons. The first-order valence-electron chi connectivity index (χ1n) is 8.98. The highest BCUT2D eigenvalue weighted by Crippen LogP contribution is 2.13. The van der Waals surface area contributed by atoms with Gasteiger partial charge in [0.05, 0.1) is 0 Å². The van der Waals surface area contributed by atoms with E-state index in [0.29, 0.717) is 0 Å². The Morgan fingerprint density at radius 3 is 1.10 bits per heavy atom. The Bertz CT molecular complexity index is 171. The van der Waals surface area contributed by atoms with Crippen molar-refractivity contribution >= 4 is 11.6 Å².